The number of amides is 2. The lowest BCUT2D eigenvalue weighted by Gasteiger charge is -2.14. The quantitative estimate of drug-likeness (QED) is 0.815. The van der Waals surface area contributed by atoms with Crippen LogP contribution in [0.25, 0.3) is 0 Å². The summed E-state index contributed by atoms with van der Waals surface area (Å²) in [6.07, 6.45) is 3.57. The molecule has 136 valence electrons. The zero-order valence-electron chi connectivity index (χ0n) is 14.9. The van der Waals surface area contributed by atoms with Crippen molar-refractivity contribution in [2.24, 2.45) is 11.8 Å². The Kier molecular flexibility index (Phi) is 5.46. The molecule has 25 heavy (non-hydrogen) atoms. The van der Waals surface area contributed by atoms with Gasteiger partial charge in [-0.25, -0.2) is 0 Å². The third-order valence-electron chi connectivity index (χ3n) is 5.02. The fraction of sp³-hybridized carbons (Fsp3) is 0.579. The second kappa shape index (κ2) is 7.76. The predicted molar refractivity (Wildman–Crippen MR) is 93.7 cm³/mol. The minimum atomic E-state index is -0.140. The van der Waals surface area contributed by atoms with Gasteiger partial charge >= 0.3 is 0 Å². The Balaban J connectivity index is 1.43. The molecule has 1 saturated heterocycles. The summed E-state index contributed by atoms with van der Waals surface area (Å²) in [5.74, 6) is 1.30. The van der Waals surface area contributed by atoms with Gasteiger partial charge in [-0.1, -0.05) is 6.07 Å². The molecule has 1 heterocycles. The van der Waals surface area contributed by atoms with Gasteiger partial charge in [-0.3, -0.25) is 9.59 Å². The predicted octanol–water partition coefficient (Wildman–Crippen LogP) is 1.62. The number of ether oxygens (including phenoxy) is 2. The monoisotopic (exact) mass is 346 g/mol. The Bertz CT molecular complexity index is 640. The molecular weight excluding hydrogens is 320 g/mol. The first-order chi connectivity index (χ1) is 12.1. The molecule has 1 aromatic carbocycles. The Morgan fingerprint density at radius 1 is 1.12 bits per heavy atom. The third-order valence-corrected chi connectivity index (χ3v) is 5.02. The summed E-state index contributed by atoms with van der Waals surface area (Å²) in [4.78, 5) is 26.4. The van der Waals surface area contributed by atoms with Crippen LogP contribution in [0.5, 0.6) is 11.5 Å². The molecule has 6 nitrogen and oxygen atoms in total. The highest BCUT2D eigenvalue weighted by molar-refractivity contribution is 5.92. The smallest absolute Gasteiger partial charge is 0.226 e. The maximum Gasteiger partial charge on any atom is 0.226 e. The lowest BCUT2D eigenvalue weighted by Crippen LogP contribution is -2.32. The Morgan fingerprint density at radius 2 is 1.84 bits per heavy atom. The van der Waals surface area contributed by atoms with Crippen molar-refractivity contribution in [1.82, 2.24) is 10.2 Å². The summed E-state index contributed by atoms with van der Waals surface area (Å²) in [6, 6.07) is 5.74. The summed E-state index contributed by atoms with van der Waals surface area (Å²) in [7, 11) is 3.21. The average Bonchev–Trinajstić information content (AvgIpc) is 3.25. The van der Waals surface area contributed by atoms with Gasteiger partial charge < -0.3 is 19.7 Å². The van der Waals surface area contributed by atoms with E-state index in [4.69, 9.17) is 9.47 Å². The SMILES string of the molecule is COc1ccc(CCNC(=O)C2CC2C(=O)N2CCCC2)cc1OC. The minimum Gasteiger partial charge on any atom is -0.493 e. The van der Waals surface area contributed by atoms with Gasteiger partial charge in [0.1, 0.15) is 0 Å². The van der Waals surface area contributed by atoms with E-state index in [-0.39, 0.29) is 23.7 Å². The number of benzene rings is 1. The van der Waals surface area contributed by atoms with Crippen LogP contribution in [-0.2, 0) is 16.0 Å². The van der Waals surface area contributed by atoms with E-state index in [1.807, 2.05) is 23.1 Å². The molecule has 1 aliphatic carbocycles. The zero-order chi connectivity index (χ0) is 17.8. The maximum atomic E-state index is 12.3. The summed E-state index contributed by atoms with van der Waals surface area (Å²) in [6.45, 7) is 2.25. The molecule has 0 spiro atoms. The van der Waals surface area contributed by atoms with Crippen LogP contribution in [0, 0.1) is 11.8 Å². The van der Waals surface area contributed by atoms with Crippen LogP contribution in [0.4, 0.5) is 0 Å². The number of hydrogen-bond acceptors (Lipinski definition) is 4. The molecule has 3 rings (SSSR count). The van der Waals surface area contributed by atoms with Crippen molar-refractivity contribution in [1.29, 1.82) is 0 Å². The van der Waals surface area contributed by atoms with E-state index < -0.39 is 0 Å². The van der Waals surface area contributed by atoms with Gasteiger partial charge in [0.25, 0.3) is 0 Å². The molecule has 2 amide bonds. The van der Waals surface area contributed by atoms with Gasteiger partial charge in [-0.15, -0.1) is 0 Å². The molecular formula is C19H26N2O4. The lowest BCUT2D eigenvalue weighted by molar-refractivity contribution is -0.133. The highest BCUT2D eigenvalue weighted by Gasteiger charge is 2.49. The van der Waals surface area contributed by atoms with Crippen LogP contribution in [0.2, 0.25) is 0 Å². The van der Waals surface area contributed by atoms with Crippen LogP contribution in [0.15, 0.2) is 18.2 Å². The topological polar surface area (TPSA) is 67.9 Å². The molecule has 2 atom stereocenters. The highest BCUT2D eigenvalue weighted by atomic mass is 16.5. The molecule has 2 aliphatic rings. The molecule has 0 radical (unpaired) electrons. The molecule has 6 heteroatoms. The summed E-state index contributed by atoms with van der Waals surface area (Å²) >= 11 is 0. The second-order valence-electron chi connectivity index (χ2n) is 6.71. The molecule has 0 aromatic heterocycles. The summed E-state index contributed by atoms with van der Waals surface area (Å²) in [5, 5.41) is 2.95. The maximum absolute atomic E-state index is 12.3. The first kappa shape index (κ1) is 17.6. The van der Waals surface area contributed by atoms with E-state index >= 15 is 0 Å². The van der Waals surface area contributed by atoms with E-state index in [0.717, 1.165) is 31.5 Å². The summed E-state index contributed by atoms with van der Waals surface area (Å²) in [5.41, 5.74) is 1.07. The van der Waals surface area contributed by atoms with E-state index in [1.165, 1.54) is 0 Å². The molecule has 0 bridgehead atoms. The van der Waals surface area contributed by atoms with E-state index in [9.17, 15) is 9.59 Å². The Labute approximate surface area is 148 Å². The van der Waals surface area contributed by atoms with E-state index in [2.05, 4.69) is 5.32 Å². The van der Waals surface area contributed by atoms with Gasteiger partial charge in [0.2, 0.25) is 11.8 Å². The number of nitrogens with one attached hydrogen (secondary N) is 1. The fourth-order valence-corrected chi connectivity index (χ4v) is 3.43. The van der Waals surface area contributed by atoms with Crippen LogP contribution < -0.4 is 14.8 Å². The normalized spacial score (nSPS) is 21.8. The third kappa shape index (κ3) is 4.06. The van der Waals surface area contributed by atoms with Gasteiger partial charge in [-0.05, 0) is 43.4 Å². The zero-order valence-corrected chi connectivity index (χ0v) is 14.9. The number of hydrogen-bond donors (Lipinski definition) is 1. The standard InChI is InChI=1S/C19H26N2O4/c1-24-16-6-5-13(11-17(16)25-2)7-8-20-18(22)14-12-15(14)19(23)21-9-3-4-10-21/h5-6,11,14-15H,3-4,7-10,12H2,1-2H3,(H,20,22). The number of carbonyl (C=O) groups is 2. The van der Waals surface area contributed by atoms with Crippen molar-refractivity contribution in [3.63, 3.8) is 0 Å². The largest absolute Gasteiger partial charge is 0.493 e. The first-order valence-corrected chi connectivity index (χ1v) is 8.91. The van der Waals surface area contributed by atoms with Crippen molar-refractivity contribution < 1.29 is 19.1 Å². The second-order valence-corrected chi connectivity index (χ2v) is 6.71. The minimum absolute atomic E-state index is 0.00183. The number of rotatable bonds is 7. The van der Waals surface area contributed by atoms with Crippen molar-refractivity contribution >= 4 is 11.8 Å². The number of nitrogens with zero attached hydrogens (tertiary/aromatic N) is 1. The van der Waals surface area contributed by atoms with Crippen LogP contribution in [0.1, 0.15) is 24.8 Å². The van der Waals surface area contributed by atoms with Crippen molar-refractivity contribution in [2.75, 3.05) is 33.9 Å². The van der Waals surface area contributed by atoms with E-state index in [1.54, 1.807) is 14.2 Å². The first-order valence-electron chi connectivity index (χ1n) is 8.91. The molecule has 2 fully saturated rings. The highest BCUT2D eigenvalue weighted by Crippen LogP contribution is 2.40. The van der Waals surface area contributed by atoms with Gasteiger partial charge in [-0.2, -0.15) is 0 Å². The van der Waals surface area contributed by atoms with Crippen LogP contribution in [-0.4, -0.2) is 50.6 Å². The molecule has 1 N–H and O–H groups in total. The van der Waals surface area contributed by atoms with Crippen LogP contribution >= 0.6 is 0 Å². The average molecular weight is 346 g/mol. The molecule has 2 unspecified atom stereocenters. The van der Waals surface area contributed by atoms with Crippen molar-refractivity contribution in [2.45, 2.75) is 25.7 Å². The van der Waals surface area contributed by atoms with Gasteiger partial charge in [0.05, 0.1) is 26.1 Å². The van der Waals surface area contributed by atoms with Gasteiger partial charge in [0.15, 0.2) is 11.5 Å². The number of methoxy groups -OCH3 is 2. The number of carbonyl (C=O) groups excluding carboxylic acids is 2. The van der Waals surface area contributed by atoms with Crippen molar-refractivity contribution in [3.8, 4) is 11.5 Å². The lowest BCUT2D eigenvalue weighted by atomic mass is 10.1. The molecule has 1 aromatic rings. The molecule has 1 saturated carbocycles. The molecule has 1 aliphatic heterocycles. The number of likely N-dealkylation sites (tertiary alicyclic amines) is 1. The van der Waals surface area contributed by atoms with Gasteiger partial charge in [0, 0.05) is 19.6 Å². The van der Waals surface area contributed by atoms with E-state index in [0.29, 0.717) is 30.9 Å². The fourth-order valence-electron chi connectivity index (χ4n) is 3.43. The summed E-state index contributed by atoms with van der Waals surface area (Å²) < 4.78 is 10.5. The van der Waals surface area contributed by atoms with Crippen LogP contribution in [0.3, 0.4) is 0 Å². The Morgan fingerprint density at radius 3 is 2.52 bits per heavy atom. The van der Waals surface area contributed by atoms with Crippen molar-refractivity contribution in [3.05, 3.63) is 23.8 Å². The Hall–Kier alpha value is -2.24.